The highest BCUT2D eigenvalue weighted by Gasteiger charge is 2.53. The van der Waals surface area contributed by atoms with Crippen molar-refractivity contribution in [3.05, 3.63) is 58.6 Å². The minimum atomic E-state index is -3.93. The fraction of sp³-hybridized carbons (Fsp3) is 0.364. The van der Waals surface area contributed by atoms with E-state index >= 15 is 0 Å². The van der Waals surface area contributed by atoms with Crippen LogP contribution in [-0.4, -0.2) is 31.5 Å². The summed E-state index contributed by atoms with van der Waals surface area (Å²) in [6.45, 7) is 4.10. The summed E-state index contributed by atoms with van der Waals surface area (Å²) < 4.78 is 25.4. The first-order chi connectivity index (χ1) is 14.2. The normalized spacial score (nSPS) is 15.6. The average Bonchev–Trinajstić information content (AvgIpc) is 3.22. The summed E-state index contributed by atoms with van der Waals surface area (Å²) in [7, 11) is -3.93. The topological polar surface area (TPSA) is 92.3 Å². The Kier molecular flexibility index (Phi) is 6.53. The number of hydrogen-bond donors (Lipinski definition) is 2. The van der Waals surface area contributed by atoms with E-state index in [1.807, 2.05) is 6.92 Å². The predicted molar refractivity (Wildman–Crippen MR) is 118 cm³/mol. The van der Waals surface area contributed by atoms with Gasteiger partial charge in [-0.3, -0.25) is 9.59 Å². The third kappa shape index (κ3) is 4.09. The zero-order chi connectivity index (χ0) is 21.9. The summed E-state index contributed by atoms with van der Waals surface area (Å²) in [5, 5.41) is 5.94. The highest BCUT2D eigenvalue weighted by atomic mass is 35.5. The quantitative estimate of drug-likeness (QED) is 0.695. The molecule has 2 aromatic rings. The molecule has 2 N–H and O–H groups in total. The van der Waals surface area contributed by atoms with Gasteiger partial charge in [0.25, 0.3) is 5.91 Å². The lowest BCUT2D eigenvalue weighted by Crippen LogP contribution is -2.47. The van der Waals surface area contributed by atoms with Crippen LogP contribution in [0.15, 0.2) is 47.4 Å². The lowest BCUT2D eigenvalue weighted by atomic mass is 10.0. The summed E-state index contributed by atoms with van der Waals surface area (Å²) in [5.41, 5.74) is 1.58. The number of rotatable bonds is 6. The van der Waals surface area contributed by atoms with E-state index < -0.39 is 20.5 Å². The molecule has 2 amide bonds. The van der Waals surface area contributed by atoms with Gasteiger partial charge in [0.05, 0.1) is 4.90 Å². The van der Waals surface area contributed by atoms with Crippen molar-refractivity contribution in [2.75, 3.05) is 11.9 Å². The Labute approximate surface area is 181 Å². The van der Waals surface area contributed by atoms with Gasteiger partial charge in [0.15, 0.2) is 14.6 Å². The lowest BCUT2D eigenvalue weighted by molar-refractivity contribution is -0.118. The number of halogens is 1. The van der Waals surface area contributed by atoms with Gasteiger partial charge in [-0.2, -0.15) is 0 Å². The molecule has 30 heavy (non-hydrogen) atoms. The molecule has 1 aliphatic rings. The first-order valence-electron chi connectivity index (χ1n) is 9.92. The van der Waals surface area contributed by atoms with Gasteiger partial charge in [-0.05, 0) is 68.7 Å². The van der Waals surface area contributed by atoms with E-state index in [1.165, 1.54) is 24.3 Å². The Bertz CT molecular complexity index is 1060. The molecule has 0 saturated heterocycles. The van der Waals surface area contributed by atoms with Crippen molar-refractivity contribution in [2.24, 2.45) is 0 Å². The van der Waals surface area contributed by atoms with E-state index in [0.29, 0.717) is 35.7 Å². The summed E-state index contributed by atoms with van der Waals surface area (Å²) in [6.07, 6.45) is 1.80. The molecule has 0 aliphatic heterocycles. The molecule has 8 heteroatoms. The molecular weight excluding hydrogens is 424 g/mol. The van der Waals surface area contributed by atoms with Gasteiger partial charge < -0.3 is 10.6 Å². The van der Waals surface area contributed by atoms with Crippen LogP contribution in [-0.2, 0) is 14.6 Å². The van der Waals surface area contributed by atoms with E-state index in [0.717, 1.165) is 5.56 Å². The maximum absolute atomic E-state index is 13.5. The average molecular weight is 449 g/mol. The fourth-order valence-corrected chi connectivity index (χ4v) is 5.99. The minimum absolute atomic E-state index is 0.0803. The van der Waals surface area contributed by atoms with Crippen LogP contribution in [0.25, 0.3) is 0 Å². The van der Waals surface area contributed by atoms with Crippen LogP contribution in [0, 0.1) is 6.92 Å². The SMILES string of the molecule is CCNC(=O)c1ccc(C)c(NC(=O)C2(S(=O)(=O)c3ccc(Cl)cc3)CCCC2)c1. The van der Waals surface area contributed by atoms with E-state index in [1.54, 1.807) is 25.1 Å². The number of hydrogen-bond acceptors (Lipinski definition) is 4. The molecule has 0 unspecified atom stereocenters. The summed E-state index contributed by atoms with van der Waals surface area (Å²) >= 11 is 5.90. The van der Waals surface area contributed by atoms with Crippen molar-refractivity contribution >= 4 is 38.9 Å². The molecule has 1 fully saturated rings. The van der Waals surface area contributed by atoms with Crippen molar-refractivity contribution in [1.29, 1.82) is 0 Å². The molecule has 2 aromatic carbocycles. The Morgan fingerprint density at radius 1 is 1.07 bits per heavy atom. The van der Waals surface area contributed by atoms with Crippen LogP contribution >= 0.6 is 11.6 Å². The molecule has 0 atom stereocenters. The van der Waals surface area contributed by atoms with Crippen LogP contribution in [0.1, 0.15) is 48.5 Å². The van der Waals surface area contributed by atoms with Gasteiger partial charge in [0.1, 0.15) is 0 Å². The summed E-state index contributed by atoms with van der Waals surface area (Å²) in [6, 6.07) is 10.9. The second kappa shape index (κ2) is 8.78. The summed E-state index contributed by atoms with van der Waals surface area (Å²) in [4.78, 5) is 25.6. The number of nitrogens with one attached hydrogen (secondary N) is 2. The maximum atomic E-state index is 13.5. The third-order valence-corrected chi connectivity index (χ3v) is 8.32. The van der Waals surface area contributed by atoms with Crippen molar-refractivity contribution in [1.82, 2.24) is 5.32 Å². The van der Waals surface area contributed by atoms with Gasteiger partial charge in [0, 0.05) is 22.8 Å². The highest BCUT2D eigenvalue weighted by Crippen LogP contribution is 2.41. The largest absolute Gasteiger partial charge is 0.352 e. The van der Waals surface area contributed by atoms with Gasteiger partial charge in [-0.1, -0.05) is 30.5 Å². The molecule has 1 saturated carbocycles. The molecule has 6 nitrogen and oxygen atoms in total. The van der Waals surface area contributed by atoms with Crippen LogP contribution < -0.4 is 10.6 Å². The van der Waals surface area contributed by atoms with Gasteiger partial charge in [-0.15, -0.1) is 0 Å². The Morgan fingerprint density at radius 2 is 1.70 bits per heavy atom. The van der Waals surface area contributed by atoms with Crippen LogP contribution in [0.4, 0.5) is 5.69 Å². The zero-order valence-corrected chi connectivity index (χ0v) is 18.6. The predicted octanol–water partition coefficient (Wildman–Crippen LogP) is 4.12. The van der Waals surface area contributed by atoms with Crippen molar-refractivity contribution in [2.45, 2.75) is 49.2 Å². The van der Waals surface area contributed by atoms with Crippen molar-refractivity contribution < 1.29 is 18.0 Å². The molecule has 160 valence electrons. The lowest BCUT2D eigenvalue weighted by Gasteiger charge is -2.28. The number of aryl methyl sites for hydroxylation is 1. The standard InChI is InChI=1S/C22H25ClN2O4S/c1-3-24-20(26)16-7-6-15(2)19(14-16)25-21(27)22(12-4-5-13-22)30(28,29)18-10-8-17(23)9-11-18/h6-11,14H,3-5,12-13H2,1-2H3,(H,24,26)(H,25,27). The molecule has 0 spiro atoms. The van der Waals surface area contributed by atoms with Crippen LogP contribution in [0.5, 0.6) is 0 Å². The number of anilines is 1. The van der Waals surface area contributed by atoms with Gasteiger partial charge in [0.2, 0.25) is 5.91 Å². The number of carbonyl (C=O) groups excluding carboxylic acids is 2. The molecule has 0 bridgehead atoms. The van der Waals surface area contributed by atoms with Crippen molar-refractivity contribution in [3.8, 4) is 0 Å². The second-order valence-corrected chi connectivity index (χ2v) is 10.2. The Morgan fingerprint density at radius 3 is 2.30 bits per heavy atom. The van der Waals surface area contributed by atoms with E-state index in [9.17, 15) is 18.0 Å². The zero-order valence-electron chi connectivity index (χ0n) is 17.0. The summed E-state index contributed by atoms with van der Waals surface area (Å²) in [5.74, 6) is -0.816. The molecule has 0 radical (unpaired) electrons. The third-order valence-electron chi connectivity index (χ3n) is 5.55. The first kappa shape index (κ1) is 22.3. The van der Waals surface area contributed by atoms with E-state index in [4.69, 9.17) is 11.6 Å². The molecule has 1 aliphatic carbocycles. The van der Waals surface area contributed by atoms with Crippen molar-refractivity contribution in [3.63, 3.8) is 0 Å². The Hall–Kier alpha value is -2.38. The maximum Gasteiger partial charge on any atom is 0.251 e. The smallest absolute Gasteiger partial charge is 0.251 e. The fourth-order valence-electron chi connectivity index (χ4n) is 3.80. The highest BCUT2D eigenvalue weighted by molar-refractivity contribution is 7.93. The Balaban J connectivity index is 1.96. The molecule has 3 rings (SSSR count). The van der Waals surface area contributed by atoms with Gasteiger partial charge >= 0.3 is 0 Å². The minimum Gasteiger partial charge on any atom is -0.352 e. The molecule has 0 aromatic heterocycles. The second-order valence-electron chi connectivity index (χ2n) is 7.50. The van der Waals surface area contributed by atoms with E-state index in [2.05, 4.69) is 10.6 Å². The number of amides is 2. The number of benzene rings is 2. The first-order valence-corrected chi connectivity index (χ1v) is 11.8. The van der Waals surface area contributed by atoms with E-state index in [-0.39, 0.29) is 23.6 Å². The number of sulfone groups is 1. The monoisotopic (exact) mass is 448 g/mol. The number of carbonyl (C=O) groups is 2. The molecule has 0 heterocycles. The van der Waals surface area contributed by atoms with Crippen LogP contribution in [0.2, 0.25) is 5.02 Å². The van der Waals surface area contributed by atoms with Crippen LogP contribution in [0.3, 0.4) is 0 Å². The van der Waals surface area contributed by atoms with Gasteiger partial charge in [-0.25, -0.2) is 8.42 Å². The molecular formula is C22H25ClN2O4S.